The SMILES string of the molecule is CCCNC(=O)c1cccc(-c2ccc(C(C)=O)s2)c1. The first-order valence-corrected chi connectivity index (χ1v) is 7.43. The van der Waals surface area contributed by atoms with Crippen molar-refractivity contribution in [3.05, 3.63) is 46.8 Å². The summed E-state index contributed by atoms with van der Waals surface area (Å²) in [5, 5.41) is 2.86. The van der Waals surface area contributed by atoms with Crippen LogP contribution in [0.15, 0.2) is 36.4 Å². The van der Waals surface area contributed by atoms with Crippen molar-refractivity contribution >= 4 is 23.0 Å². The molecule has 2 aromatic rings. The Hall–Kier alpha value is -1.94. The lowest BCUT2D eigenvalue weighted by Gasteiger charge is -2.05. The van der Waals surface area contributed by atoms with Gasteiger partial charge in [0.05, 0.1) is 4.88 Å². The van der Waals surface area contributed by atoms with Gasteiger partial charge in [-0.15, -0.1) is 11.3 Å². The number of amides is 1. The Bertz CT molecular complexity index is 631. The summed E-state index contributed by atoms with van der Waals surface area (Å²) >= 11 is 1.45. The van der Waals surface area contributed by atoms with Crippen molar-refractivity contribution < 1.29 is 9.59 Å². The second-order valence-electron chi connectivity index (χ2n) is 4.56. The van der Waals surface area contributed by atoms with E-state index in [4.69, 9.17) is 0 Å². The summed E-state index contributed by atoms with van der Waals surface area (Å²) in [7, 11) is 0. The highest BCUT2D eigenvalue weighted by Gasteiger charge is 2.09. The predicted molar refractivity (Wildman–Crippen MR) is 82.4 cm³/mol. The molecule has 0 aliphatic carbocycles. The van der Waals surface area contributed by atoms with E-state index in [9.17, 15) is 9.59 Å². The van der Waals surface area contributed by atoms with E-state index in [1.165, 1.54) is 11.3 Å². The molecule has 1 N–H and O–H groups in total. The van der Waals surface area contributed by atoms with Crippen LogP contribution in [0.2, 0.25) is 0 Å². The van der Waals surface area contributed by atoms with Crippen molar-refractivity contribution in [2.24, 2.45) is 0 Å². The Morgan fingerprint density at radius 2 is 2.00 bits per heavy atom. The van der Waals surface area contributed by atoms with Gasteiger partial charge in [0, 0.05) is 17.0 Å². The number of ketones is 1. The fourth-order valence-corrected chi connectivity index (χ4v) is 2.73. The third-order valence-electron chi connectivity index (χ3n) is 2.90. The molecule has 2 rings (SSSR count). The monoisotopic (exact) mass is 287 g/mol. The van der Waals surface area contributed by atoms with Crippen LogP contribution in [0.5, 0.6) is 0 Å². The molecule has 1 aromatic heterocycles. The Kier molecular flexibility index (Phi) is 4.69. The Labute approximate surface area is 122 Å². The third-order valence-corrected chi connectivity index (χ3v) is 4.13. The second-order valence-corrected chi connectivity index (χ2v) is 5.64. The smallest absolute Gasteiger partial charge is 0.251 e. The molecular formula is C16H17NO2S. The molecule has 0 bridgehead atoms. The van der Waals surface area contributed by atoms with Gasteiger partial charge in [-0.25, -0.2) is 0 Å². The largest absolute Gasteiger partial charge is 0.352 e. The number of Topliss-reactive ketones (excluding diaryl/α,β-unsaturated/α-hetero) is 1. The van der Waals surface area contributed by atoms with Gasteiger partial charge in [-0.1, -0.05) is 19.1 Å². The summed E-state index contributed by atoms with van der Waals surface area (Å²) in [6, 6.07) is 11.2. The third kappa shape index (κ3) is 3.33. The number of hydrogen-bond donors (Lipinski definition) is 1. The molecule has 0 saturated carbocycles. The van der Waals surface area contributed by atoms with Crippen LogP contribution in [0, 0.1) is 0 Å². The van der Waals surface area contributed by atoms with E-state index in [0.29, 0.717) is 12.1 Å². The Morgan fingerprint density at radius 3 is 2.65 bits per heavy atom. The highest BCUT2D eigenvalue weighted by molar-refractivity contribution is 7.17. The zero-order chi connectivity index (χ0) is 14.5. The summed E-state index contributed by atoms with van der Waals surface area (Å²) < 4.78 is 0. The van der Waals surface area contributed by atoms with E-state index < -0.39 is 0 Å². The topological polar surface area (TPSA) is 46.2 Å². The van der Waals surface area contributed by atoms with Crippen molar-refractivity contribution in [1.29, 1.82) is 0 Å². The van der Waals surface area contributed by atoms with Crippen LogP contribution in [0.25, 0.3) is 10.4 Å². The van der Waals surface area contributed by atoms with Gasteiger partial charge >= 0.3 is 0 Å². The highest BCUT2D eigenvalue weighted by atomic mass is 32.1. The molecule has 104 valence electrons. The first kappa shape index (κ1) is 14.5. The van der Waals surface area contributed by atoms with Crippen molar-refractivity contribution in [3.8, 4) is 10.4 Å². The zero-order valence-corrected chi connectivity index (χ0v) is 12.4. The minimum Gasteiger partial charge on any atom is -0.352 e. The van der Waals surface area contributed by atoms with Crippen LogP contribution in [-0.2, 0) is 0 Å². The zero-order valence-electron chi connectivity index (χ0n) is 11.6. The maximum absolute atomic E-state index is 11.9. The van der Waals surface area contributed by atoms with Gasteiger partial charge in [0.1, 0.15) is 0 Å². The van der Waals surface area contributed by atoms with Crippen LogP contribution < -0.4 is 5.32 Å². The molecule has 0 radical (unpaired) electrons. The van der Waals surface area contributed by atoms with Gasteiger partial charge in [0.25, 0.3) is 5.91 Å². The number of rotatable bonds is 5. The first-order chi connectivity index (χ1) is 9.61. The molecule has 3 nitrogen and oxygen atoms in total. The quantitative estimate of drug-likeness (QED) is 0.851. The van der Waals surface area contributed by atoms with Gasteiger partial charge in [0.15, 0.2) is 5.78 Å². The normalized spacial score (nSPS) is 10.3. The fourth-order valence-electron chi connectivity index (χ4n) is 1.84. The lowest BCUT2D eigenvalue weighted by molar-refractivity contribution is 0.0952. The number of benzene rings is 1. The van der Waals surface area contributed by atoms with Gasteiger partial charge in [-0.3, -0.25) is 9.59 Å². The van der Waals surface area contributed by atoms with Crippen molar-refractivity contribution in [2.45, 2.75) is 20.3 Å². The average Bonchev–Trinajstić information content (AvgIpc) is 2.95. The molecule has 0 fully saturated rings. The average molecular weight is 287 g/mol. The van der Waals surface area contributed by atoms with E-state index in [1.54, 1.807) is 13.0 Å². The molecule has 0 unspecified atom stereocenters. The van der Waals surface area contributed by atoms with E-state index in [2.05, 4.69) is 5.32 Å². The number of thiophene rings is 1. The minimum absolute atomic E-state index is 0.0583. The molecule has 0 aliphatic rings. The van der Waals surface area contributed by atoms with Crippen LogP contribution in [0.1, 0.15) is 40.3 Å². The van der Waals surface area contributed by atoms with Crippen molar-refractivity contribution in [3.63, 3.8) is 0 Å². The van der Waals surface area contributed by atoms with Crippen LogP contribution in [0.3, 0.4) is 0 Å². The Balaban J connectivity index is 2.24. The molecule has 0 atom stereocenters. The molecule has 0 saturated heterocycles. The Morgan fingerprint density at radius 1 is 1.20 bits per heavy atom. The molecule has 0 aliphatic heterocycles. The van der Waals surface area contributed by atoms with Gasteiger partial charge in [-0.05, 0) is 43.2 Å². The minimum atomic E-state index is -0.0583. The summed E-state index contributed by atoms with van der Waals surface area (Å²) in [5.41, 5.74) is 1.61. The summed E-state index contributed by atoms with van der Waals surface area (Å²) in [6.45, 7) is 4.26. The first-order valence-electron chi connectivity index (χ1n) is 6.61. The van der Waals surface area contributed by atoms with Gasteiger partial charge in [0.2, 0.25) is 0 Å². The summed E-state index contributed by atoms with van der Waals surface area (Å²) in [5.74, 6) is 0.00939. The fraction of sp³-hybridized carbons (Fsp3) is 0.250. The molecule has 0 spiro atoms. The van der Waals surface area contributed by atoms with E-state index in [-0.39, 0.29) is 11.7 Å². The standard InChI is InChI=1S/C16H17NO2S/c1-3-9-17-16(19)13-6-4-5-12(10-13)15-8-7-14(20-15)11(2)18/h4-8,10H,3,9H2,1-2H3,(H,17,19). The van der Waals surface area contributed by atoms with Crippen LogP contribution >= 0.6 is 11.3 Å². The highest BCUT2D eigenvalue weighted by Crippen LogP contribution is 2.28. The van der Waals surface area contributed by atoms with E-state index in [1.807, 2.05) is 37.3 Å². The molecule has 20 heavy (non-hydrogen) atoms. The lowest BCUT2D eigenvalue weighted by atomic mass is 10.1. The van der Waals surface area contributed by atoms with Crippen LogP contribution in [-0.4, -0.2) is 18.2 Å². The molecule has 1 aromatic carbocycles. The van der Waals surface area contributed by atoms with Crippen molar-refractivity contribution in [2.75, 3.05) is 6.54 Å². The summed E-state index contributed by atoms with van der Waals surface area (Å²) in [6.07, 6.45) is 0.915. The molecule has 4 heteroatoms. The second kappa shape index (κ2) is 6.48. The number of hydrogen-bond acceptors (Lipinski definition) is 3. The molecule has 1 amide bonds. The van der Waals surface area contributed by atoms with Gasteiger partial charge in [-0.2, -0.15) is 0 Å². The molecular weight excluding hydrogens is 270 g/mol. The van der Waals surface area contributed by atoms with E-state index in [0.717, 1.165) is 21.7 Å². The number of carbonyl (C=O) groups is 2. The number of nitrogens with one attached hydrogen (secondary N) is 1. The predicted octanol–water partition coefficient (Wildman–Crippen LogP) is 3.76. The number of carbonyl (C=O) groups excluding carboxylic acids is 2. The van der Waals surface area contributed by atoms with Crippen molar-refractivity contribution in [1.82, 2.24) is 5.32 Å². The lowest BCUT2D eigenvalue weighted by Crippen LogP contribution is -2.23. The van der Waals surface area contributed by atoms with E-state index >= 15 is 0 Å². The van der Waals surface area contributed by atoms with Gasteiger partial charge < -0.3 is 5.32 Å². The molecule has 1 heterocycles. The summed E-state index contributed by atoms with van der Waals surface area (Å²) in [4.78, 5) is 25.0. The van der Waals surface area contributed by atoms with Crippen LogP contribution in [0.4, 0.5) is 0 Å². The maximum Gasteiger partial charge on any atom is 0.251 e. The maximum atomic E-state index is 11.9.